The number of fused-ring (bicyclic) bond motifs is 1. The van der Waals surface area contributed by atoms with Crippen LogP contribution in [0.5, 0.6) is 0 Å². The van der Waals surface area contributed by atoms with E-state index in [0.717, 1.165) is 10.9 Å². The molecule has 0 atom stereocenters. The SMILES string of the molecule is Br.O=c1cnnc2ccccc2c1. The molecule has 0 aliphatic carbocycles. The smallest absolute Gasteiger partial charge is 0.199 e. The summed E-state index contributed by atoms with van der Waals surface area (Å²) < 4.78 is 0. The van der Waals surface area contributed by atoms with Crippen molar-refractivity contribution in [3.05, 3.63) is 46.8 Å². The minimum Gasteiger partial charge on any atom is -0.288 e. The summed E-state index contributed by atoms with van der Waals surface area (Å²) in [7, 11) is 0. The second kappa shape index (κ2) is 4.09. The van der Waals surface area contributed by atoms with Crippen LogP contribution in [0.1, 0.15) is 0 Å². The largest absolute Gasteiger partial charge is 0.288 e. The Morgan fingerprint density at radius 1 is 1.15 bits per heavy atom. The molecule has 0 bridgehead atoms. The van der Waals surface area contributed by atoms with Crippen LogP contribution < -0.4 is 5.43 Å². The molecule has 0 N–H and O–H groups in total. The number of halogens is 1. The van der Waals surface area contributed by atoms with Gasteiger partial charge in [-0.15, -0.1) is 17.0 Å². The van der Waals surface area contributed by atoms with Gasteiger partial charge in [0.2, 0.25) is 0 Å². The summed E-state index contributed by atoms with van der Waals surface area (Å²) in [5.41, 5.74) is 0.614. The first-order chi connectivity index (χ1) is 5.86. The van der Waals surface area contributed by atoms with Crippen LogP contribution in [-0.2, 0) is 0 Å². The predicted octanol–water partition coefficient (Wildman–Crippen LogP) is 1.57. The number of hydrogen-bond acceptors (Lipinski definition) is 3. The number of hydrogen-bond donors (Lipinski definition) is 0. The van der Waals surface area contributed by atoms with Crippen LogP contribution in [0.3, 0.4) is 0 Å². The Balaban J connectivity index is 0.000000845. The van der Waals surface area contributed by atoms with E-state index >= 15 is 0 Å². The number of aromatic nitrogens is 2. The van der Waals surface area contributed by atoms with Crippen LogP contribution in [0.4, 0.5) is 0 Å². The zero-order valence-corrected chi connectivity index (χ0v) is 8.39. The van der Waals surface area contributed by atoms with Crippen molar-refractivity contribution in [1.82, 2.24) is 10.2 Å². The van der Waals surface area contributed by atoms with Crippen LogP contribution >= 0.6 is 17.0 Å². The van der Waals surface area contributed by atoms with Crippen molar-refractivity contribution in [2.75, 3.05) is 0 Å². The van der Waals surface area contributed by atoms with Crippen molar-refractivity contribution >= 4 is 27.9 Å². The Bertz CT molecular complexity index is 473. The van der Waals surface area contributed by atoms with Gasteiger partial charge in [-0.2, -0.15) is 10.2 Å². The summed E-state index contributed by atoms with van der Waals surface area (Å²) in [6.45, 7) is 0. The van der Waals surface area contributed by atoms with Gasteiger partial charge in [0.05, 0.1) is 11.7 Å². The normalized spacial score (nSPS) is 9.23. The second-order valence-electron chi connectivity index (χ2n) is 2.45. The molecule has 1 aromatic heterocycles. The van der Waals surface area contributed by atoms with Crippen molar-refractivity contribution in [3.8, 4) is 0 Å². The molecule has 0 saturated heterocycles. The Hall–Kier alpha value is -1.29. The van der Waals surface area contributed by atoms with Gasteiger partial charge in [0.1, 0.15) is 0 Å². The molecule has 0 aliphatic heterocycles. The fourth-order valence-corrected chi connectivity index (χ4v) is 1.04. The monoisotopic (exact) mass is 238 g/mol. The molecule has 66 valence electrons. The molecule has 0 radical (unpaired) electrons. The maximum Gasteiger partial charge on any atom is 0.199 e. The maximum absolute atomic E-state index is 11.0. The zero-order valence-electron chi connectivity index (χ0n) is 6.68. The van der Waals surface area contributed by atoms with E-state index in [9.17, 15) is 4.79 Å². The van der Waals surface area contributed by atoms with Gasteiger partial charge in [0.25, 0.3) is 0 Å². The second-order valence-corrected chi connectivity index (χ2v) is 2.45. The van der Waals surface area contributed by atoms with Gasteiger partial charge in [0, 0.05) is 5.39 Å². The molecule has 0 fully saturated rings. The molecule has 13 heavy (non-hydrogen) atoms. The zero-order chi connectivity index (χ0) is 8.39. The van der Waals surface area contributed by atoms with Gasteiger partial charge in [-0.25, -0.2) is 0 Å². The van der Waals surface area contributed by atoms with Gasteiger partial charge >= 0.3 is 0 Å². The third kappa shape index (κ3) is 2.09. The summed E-state index contributed by atoms with van der Waals surface area (Å²) in [6.07, 6.45) is 1.21. The first kappa shape index (κ1) is 9.80. The average Bonchev–Trinajstić information content (AvgIpc) is 2.25. The van der Waals surface area contributed by atoms with Crippen molar-refractivity contribution in [2.45, 2.75) is 0 Å². The summed E-state index contributed by atoms with van der Waals surface area (Å²) in [4.78, 5) is 11.0. The molecule has 0 aliphatic rings. The molecule has 0 saturated carbocycles. The summed E-state index contributed by atoms with van der Waals surface area (Å²) in [5, 5.41) is 8.29. The van der Waals surface area contributed by atoms with E-state index in [2.05, 4.69) is 10.2 Å². The topological polar surface area (TPSA) is 42.9 Å². The van der Waals surface area contributed by atoms with E-state index in [1.54, 1.807) is 0 Å². The van der Waals surface area contributed by atoms with E-state index < -0.39 is 0 Å². The van der Waals surface area contributed by atoms with Crippen LogP contribution in [-0.4, -0.2) is 10.2 Å². The van der Waals surface area contributed by atoms with Crippen molar-refractivity contribution < 1.29 is 0 Å². The highest BCUT2D eigenvalue weighted by Gasteiger charge is 1.90. The number of nitrogens with zero attached hydrogens (tertiary/aromatic N) is 2. The first-order valence-electron chi connectivity index (χ1n) is 3.58. The van der Waals surface area contributed by atoms with Gasteiger partial charge in [-0.3, -0.25) is 4.79 Å². The Morgan fingerprint density at radius 3 is 2.77 bits per heavy atom. The highest BCUT2D eigenvalue weighted by atomic mass is 79.9. The third-order valence-corrected chi connectivity index (χ3v) is 1.58. The molecule has 4 heteroatoms. The predicted molar refractivity (Wildman–Crippen MR) is 56.1 cm³/mol. The van der Waals surface area contributed by atoms with E-state index in [4.69, 9.17) is 0 Å². The average molecular weight is 239 g/mol. The third-order valence-electron chi connectivity index (χ3n) is 1.58. The minimum absolute atomic E-state index is 0. The number of rotatable bonds is 0. The van der Waals surface area contributed by atoms with E-state index in [1.807, 2.05) is 24.3 Å². The highest BCUT2D eigenvalue weighted by Crippen LogP contribution is 2.04. The van der Waals surface area contributed by atoms with Crippen molar-refractivity contribution in [1.29, 1.82) is 0 Å². The summed E-state index contributed by atoms with van der Waals surface area (Å²) in [5.74, 6) is 0. The maximum atomic E-state index is 11.0. The van der Waals surface area contributed by atoms with Gasteiger partial charge in [-0.05, 0) is 12.1 Å². The Morgan fingerprint density at radius 2 is 1.92 bits per heavy atom. The van der Waals surface area contributed by atoms with Crippen molar-refractivity contribution in [2.24, 2.45) is 0 Å². The Kier molecular flexibility index (Phi) is 3.08. The van der Waals surface area contributed by atoms with E-state index in [1.165, 1.54) is 12.3 Å². The number of benzene rings is 1. The van der Waals surface area contributed by atoms with E-state index in [0.29, 0.717) is 0 Å². The van der Waals surface area contributed by atoms with Crippen LogP contribution in [0.2, 0.25) is 0 Å². The van der Waals surface area contributed by atoms with Gasteiger partial charge in [-0.1, -0.05) is 18.2 Å². The fourth-order valence-electron chi connectivity index (χ4n) is 1.04. The van der Waals surface area contributed by atoms with Crippen molar-refractivity contribution in [3.63, 3.8) is 0 Å². The van der Waals surface area contributed by atoms with Crippen LogP contribution in [0.25, 0.3) is 10.9 Å². The molecule has 0 spiro atoms. The molecule has 0 amide bonds. The lowest BCUT2D eigenvalue weighted by molar-refractivity contribution is 1.08. The van der Waals surface area contributed by atoms with E-state index in [-0.39, 0.29) is 22.4 Å². The molecule has 1 aromatic carbocycles. The molecule has 3 nitrogen and oxygen atoms in total. The molecular weight excluding hydrogens is 232 g/mol. The van der Waals surface area contributed by atoms with Crippen LogP contribution in [0, 0.1) is 0 Å². The van der Waals surface area contributed by atoms with Gasteiger partial charge in [0.15, 0.2) is 5.43 Å². The van der Waals surface area contributed by atoms with Crippen LogP contribution in [0.15, 0.2) is 41.3 Å². The fraction of sp³-hybridized carbons (Fsp3) is 0. The summed E-state index contributed by atoms with van der Waals surface area (Å²) in [6, 6.07) is 8.91. The first-order valence-corrected chi connectivity index (χ1v) is 3.58. The van der Waals surface area contributed by atoms with Gasteiger partial charge < -0.3 is 0 Å². The molecule has 0 unspecified atom stereocenters. The lowest BCUT2D eigenvalue weighted by Gasteiger charge is -1.85. The lowest BCUT2D eigenvalue weighted by atomic mass is 10.2. The Labute approximate surface area is 85.2 Å². The quantitative estimate of drug-likeness (QED) is 0.700. The molecule has 2 aromatic rings. The minimum atomic E-state index is -0.122. The standard InChI is InChI=1S/C9H6N2O.BrH/c12-8-5-7-3-1-2-4-9(7)11-10-6-8;/h1-6H;1H. The lowest BCUT2D eigenvalue weighted by Crippen LogP contribution is -1.90. The molecular formula is C9H7BrN2O. The summed E-state index contributed by atoms with van der Waals surface area (Å²) >= 11 is 0. The molecule has 2 rings (SSSR count). The highest BCUT2D eigenvalue weighted by molar-refractivity contribution is 8.93. The molecule has 1 heterocycles.